The molecule has 0 aliphatic carbocycles. The summed E-state index contributed by atoms with van der Waals surface area (Å²) < 4.78 is 5.42. The van der Waals surface area contributed by atoms with E-state index in [-0.39, 0.29) is 12.3 Å². The minimum Gasteiger partial charge on any atom is -0.481 e. The first-order valence-corrected chi connectivity index (χ1v) is 8.97. The third kappa shape index (κ3) is 4.07. The van der Waals surface area contributed by atoms with Crippen molar-refractivity contribution in [2.24, 2.45) is 0 Å². The number of amides is 1. The molecular weight excluding hydrogens is 332 g/mol. The van der Waals surface area contributed by atoms with Crippen LogP contribution in [0.4, 0.5) is 5.69 Å². The summed E-state index contributed by atoms with van der Waals surface area (Å²) in [5, 5.41) is 11.4. The van der Waals surface area contributed by atoms with Gasteiger partial charge in [-0.15, -0.1) is 0 Å². The lowest BCUT2D eigenvalue weighted by molar-refractivity contribution is -0.137. The number of carbonyl (C=O) groups excluding carboxylic acids is 1. The minimum absolute atomic E-state index is 0.119. The van der Waals surface area contributed by atoms with Crippen molar-refractivity contribution in [3.63, 3.8) is 0 Å². The number of carbonyl (C=O) groups is 2. The summed E-state index contributed by atoms with van der Waals surface area (Å²) in [4.78, 5) is 25.2. The number of nitrogens with one attached hydrogen (secondary N) is 1. The molecule has 0 saturated carbocycles. The van der Waals surface area contributed by atoms with Crippen LogP contribution in [0.25, 0.3) is 0 Å². The number of carboxylic acid groups (broad SMARTS) is 1. The van der Waals surface area contributed by atoms with Crippen molar-refractivity contribution in [3.05, 3.63) is 53.5 Å². The standard InChI is InChI=1S/C20H24N2O4/c1-14-12-15-6-2-3-7-17(15)22(14)13-16-9-11-26-19(16)20(25)21-10-5-4-8-18(23)24/h2-3,6-7,9,11,14H,4-5,8,10,12-13H2,1H3,(H,21,25)(H,23,24). The van der Waals surface area contributed by atoms with E-state index in [0.717, 1.165) is 12.0 Å². The van der Waals surface area contributed by atoms with Gasteiger partial charge in [0.2, 0.25) is 0 Å². The van der Waals surface area contributed by atoms with Crippen LogP contribution in [-0.2, 0) is 17.8 Å². The number of hydrogen-bond acceptors (Lipinski definition) is 4. The number of fused-ring (bicyclic) bond motifs is 1. The minimum atomic E-state index is -0.815. The van der Waals surface area contributed by atoms with Gasteiger partial charge in [0.25, 0.3) is 5.91 Å². The molecule has 6 heteroatoms. The van der Waals surface area contributed by atoms with E-state index in [9.17, 15) is 9.59 Å². The van der Waals surface area contributed by atoms with Crippen molar-refractivity contribution in [2.75, 3.05) is 11.4 Å². The maximum Gasteiger partial charge on any atom is 0.303 e. The van der Waals surface area contributed by atoms with Gasteiger partial charge in [-0.1, -0.05) is 18.2 Å². The quantitative estimate of drug-likeness (QED) is 0.710. The van der Waals surface area contributed by atoms with E-state index in [2.05, 4.69) is 35.3 Å². The number of aliphatic carboxylic acids is 1. The van der Waals surface area contributed by atoms with Gasteiger partial charge in [0.05, 0.1) is 6.26 Å². The molecule has 26 heavy (non-hydrogen) atoms. The first kappa shape index (κ1) is 18.0. The van der Waals surface area contributed by atoms with Crippen LogP contribution in [0.3, 0.4) is 0 Å². The van der Waals surface area contributed by atoms with E-state index >= 15 is 0 Å². The molecule has 138 valence electrons. The highest BCUT2D eigenvalue weighted by atomic mass is 16.4. The zero-order chi connectivity index (χ0) is 18.5. The molecule has 0 fully saturated rings. The molecule has 1 atom stereocenters. The van der Waals surface area contributed by atoms with Gasteiger partial charge in [-0.3, -0.25) is 9.59 Å². The third-order valence-electron chi connectivity index (χ3n) is 4.75. The van der Waals surface area contributed by atoms with Crippen molar-refractivity contribution in [2.45, 2.75) is 45.2 Å². The number of para-hydroxylation sites is 1. The fourth-order valence-electron chi connectivity index (χ4n) is 3.40. The highest BCUT2D eigenvalue weighted by molar-refractivity contribution is 5.93. The second kappa shape index (κ2) is 8.08. The van der Waals surface area contributed by atoms with Crippen molar-refractivity contribution >= 4 is 17.6 Å². The lowest BCUT2D eigenvalue weighted by atomic mass is 10.1. The Labute approximate surface area is 152 Å². The number of furan rings is 1. The van der Waals surface area contributed by atoms with Crippen LogP contribution in [-0.4, -0.2) is 29.6 Å². The van der Waals surface area contributed by atoms with Crippen molar-refractivity contribution < 1.29 is 19.1 Å². The molecule has 1 aliphatic heterocycles. The Bertz CT molecular complexity index is 784. The highest BCUT2D eigenvalue weighted by Gasteiger charge is 2.27. The molecule has 0 spiro atoms. The van der Waals surface area contributed by atoms with E-state index in [1.54, 1.807) is 6.26 Å². The van der Waals surface area contributed by atoms with Gasteiger partial charge < -0.3 is 19.7 Å². The Morgan fingerprint density at radius 2 is 2.08 bits per heavy atom. The molecule has 3 rings (SSSR count). The summed E-state index contributed by atoms with van der Waals surface area (Å²) in [6, 6.07) is 10.6. The van der Waals surface area contributed by atoms with Crippen LogP contribution in [0, 0.1) is 0 Å². The van der Waals surface area contributed by atoms with Crippen LogP contribution >= 0.6 is 0 Å². The normalized spacial score (nSPS) is 15.7. The van der Waals surface area contributed by atoms with Gasteiger partial charge in [-0.05, 0) is 43.9 Å². The van der Waals surface area contributed by atoms with Gasteiger partial charge in [0, 0.05) is 36.8 Å². The Balaban J connectivity index is 1.60. The molecule has 1 unspecified atom stereocenters. The van der Waals surface area contributed by atoms with E-state index < -0.39 is 5.97 Å². The zero-order valence-corrected chi connectivity index (χ0v) is 14.9. The maximum atomic E-state index is 12.4. The summed E-state index contributed by atoms with van der Waals surface area (Å²) in [5.41, 5.74) is 3.39. The SMILES string of the molecule is CC1Cc2ccccc2N1Cc1ccoc1C(=O)NCCCCC(=O)O. The molecule has 1 aromatic carbocycles. The van der Waals surface area contributed by atoms with Crippen LogP contribution in [0.1, 0.15) is 47.9 Å². The van der Waals surface area contributed by atoms with Crippen LogP contribution < -0.4 is 10.2 Å². The Hall–Kier alpha value is -2.76. The lowest BCUT2D eigenvalue weighted by Crippen LogP contribution is -2.30. The van der Waals surface area contributed by atoms with E-state index in [1.807, 2.05) is 12.1 Å². The number of benzene rings is 1. The molecule has 0 radical (unpaired) electrons. The fraction of sp³-hybridized carbons (Fsp3) is 0.400. The number of carboxylic acids is 1. The van der Waals surface area contributed by atoms with Gasteiger partial charge in [0.15, 0.2) is 5.76 Å². The summed E-state index contributed by atoms with van der Waals surface area (Å²) >= 11 is 0. The van der Waals surface area contributed by atoms with E-state index in [0.29, 0.717) is 37.7 Å². The predicted octanol–water partition coefficient (Wildman–Crippen LogP) is 3.22. The molecule has 1 aromatic heterocycles. The molecular formula is C20H24N2O4. The zero-order valence-electron chi connectivity index (χ0n) is 14.9. The third-order valence-corrected chi connectivity index (χ3v) is 4.75. The van der Waals surface area contributed by atoms with Crippen molar-refractivity contribution in [1.82, 2.24) is 5.32 Å². The average Bonchev–Trinajstić information content (AvgIpc) is 3.19. The molecule has 2 heterocycles. The van der Waals surface area contributed by atoms with Gasteiger partial charge in [0.1, 0.15) is 0 Å². The molecule has 6 nitrogen and oxygen atoms in total. The highest BCUT2D eigenvalue weighted by Crippen LogP contribution is 2.33. The van der Waals surface area contributed by atoms with E-state index in [4.69, 9.17) is 9.52 Å². The van der Waals surface area contributed by atoms with Crippen LogP contribution in [0.2, 0.25) is 0 Å². The van der Waals surface area contributed by atoms with Crippen LogP contribution in [0.15, 0.2) is 41.0 Å². The van der Waals surface area contributed by atoms with Gasteiger partial charge in [-0.2, -0.15) is 0 Å². The molecule has 0 bridgehead atoms. The van der Waals surface area contributed by atoms with Crippen LogP contribution in [0.5, 0.6) is 0 Å². The number of anilines is 1. The second-order valence-electron chi connectivity index (χ2n) is 6.69. The predicted molar refractivity (Wildman–Crippen MR) is 98.3 cm³/mol. The Morgan fingerprint density at radius 1 is 1.27 bits per heavy atom. The maximum absolute atomic E-state index is 12.4. The topological polar surface area (TPSA) is 82.8 Å². The van der Waals surface area contributed by atoms with E-state index in [1.165, 1.54) is 11.3 Å². The number of hydrogen-bond donors (Lipinski definition) is 2. The Kier molecular flexibility index (Phi) is 5.61. The first-order chi connectivity index (χ1) is 12.6. The molecule has 1 aliphatic rings. The lowest BCUT2D eigenvalue weighted by Gasteiger charge is -2.24. The molecule has 0 saturated heterocycles. The smallest absolute Gasteiger partial charge is 0.303 e. The summed E-state index contributed by atoms with van der Waals surface area (Å²) in [6.07, 6.45) is 3.84. The van der Waals surface area contributed by atoms with Gasteiger partial charge in [-0.25, -0.2) is 0 Å². The first-order valence-electron chi connectivity index (χ1n) is 8.97. The molecule has 2 N–H and O–H groups in total. The number of rotatable bonds is 8. The average molecular weight is 356 g/mol. The summed E-state index contributed by atoms with van der Waals surface area (Å²) in [7, 11) is 0. The largest absolute Gasteiger partial charge is 0.481 e. The second-order valence-corrected chi connectivity index (χ2v) is 6.69. The summed E-state index contributed by atoms with van der Waals surface area (Å²) in [5.74, 6) is -0.732. The Morgan fingerprint density at radius 3 is 2.88 bits per heavy atom. The molecule has 1 amide bonds. The number of unbranched alkanes of at least 4 members (excludes halogenated alkanes) is 1. The fourth-order valence-corrected chi connectivity index (χ4v) is 3.40. The molecule has 2 aromatic rings. The van der Waals surface area contributed by atoms with Crippen molar-refractivity contribution in [3.8, 4) is 0 Å². The summed E-state index contributed by atoms with van der Waals surface area (Å²) in [6.45, 7) is 3.24. The number of nitrogens with zero attached hydrogens (tertiary/aromatic N) is 1. The van der Waals surface area contributed by atoms with Gasteiger partial charge >= 0.3 is 5.97 Å². The van der Waals surface area contributed by atoms with Crippen molar-refractivity contribution in [1.29, 1.82) is 0 Å². The monoisotopic (exact) mass is 356 g/mol.